The molecule has 3 unspecified atom stereocenters. The Morgan fingerprint density at radius 3 is 2.56 bits per heavy atom. The first kappa shape index (κ1) is 20.3. The average Bonchev–Trinajstić information content (AvgIpc) is 2.69. The Balaban J connectivity index is 1.44. The Morgan fingerprint density at radius 2 is 1.89 bits per heavy atom. The molecule has 27 heavy (non-hydrogen) atoms. The van der Waals surface area contributed by atoms with Crippen LogP contribution in [-0.4, -0.2) is 53.9 Å². The smallest absolute Gasteiger partial charge is 0.251 e. The number of aliphatic hydroxyl groups excluding tert-OH is 1. The number of likely N-dealkylation sites (tertiary alicyclic amines) is 1. The van der Waals surface area contributed by atoms with Gasteiger partial charge < -0.3 is 20.5 Å². The molecule has 1 aromatic rings. The number of ether oxygens (including phenoxy) is 1. The molecule has 1 aliphatic heterocycles. The Labute approximate surface area is 162 Å². The molecule has 1 aliphatic carbocycles. The van der Waals surface area contributed by atoms with Crippen molar-refractivity contribution in [1.29, 1.82) is 0 Å². The molecule has 1 saturated heterocycles. The Kier molecular flexibility index (Phi) is 7.27. The highest BCUT2D eigenvalue weighted by atomic mass is 16.5. The van der Waals surface area contributed by atoms with Crippen molar-refractivity contribution in [3.63, 3.8) is 0 Å². The third kappa shape index (κ3) is 5.31. The summed E-state index contributed by atoms with van der Waals surface area (Å²) in [7, 11) is 0. The normalized spacial score (nSPS) is 30.1. The second kappa shape index (κ2) is 9.67. The molecule has 5 nitrogen and oxygen atoms in total. The zero-order valence-electron chi connectivity index (χ0n) is 16.3. The summed E-state index contributed by atoms with van der Waals surface area (Å²) in [6.07, 6.45) is 5.36. The van der Waals surface area contributed by atoms with Gasteiger partial charge in [-0.25, -0.2) is 0 Å². The summed E-state index contributed by atoms with van der Waals surface area (Å²) in [6.45, 7) is 3.24. The lowest BCUT2D eigenvalue weighted by Crippen LogP contribution is -2.54. The van der Waals surface area contributed by atoms with E-state index in [1.165, 1.54) is 38.2 Å². The number of benzene rings is 1. The summed E-state index contributed by atoms with van der Waals surface area (Å²) in [4.78, 5) is 13.9. The van der Waals surface area contributed by atoms with Crippen LogP contribution in [0, 0.1) is 5.92 Å². The number of rotatable bonds is 6. The highest BCUT2D eigenvalue weighted by molar-refractivity contribution is 5.80. The number of hydrogen-bond acceptors (Lipinski definition) is 3. The number of aliphatic hydroxyl groups is 1. The number of nitrogens with zero attached hydrogens (tertiary/aromatic N) is 1. The number of hydrogen-bond donors (Lipinski definition) is 1. The van der Waals surface area contributed by atoms with Gasteiger partial charge in [0.05, 0.1) is 6.61 Å². The van der Waals surface area contributed by atoms with Gasteiger partial charge in [-0.2, -0.15) is 0 Å². The topological polar surface area (TPSA) is 73.6 Å². The van der Waals surface area contributed by atoms with Gasteiger partial charge in [-0.3, -0.25) is 4.79 Å². The minimum Gasteiger partial charge on any atom is -0.673 e. The maximum atomic E-state index is 12.2. The minimum absolute atomic E-state index is 0.235. The summed E-state index contributed by atoms with van der Waals surface area (Å²) >= 11 is 0. The van der Waals surface area contributed by atoms with Gasteiger partial charge in [0.2, 0.25) is 0 Å². The molecule has 2 N–H and O–H groups in total. The predicted molar refractivity (Wildman–Crippen MR) is 106 cm³/mol. The van der Waals surface area contributed by atoms with Crippen LogP contribution in [0.15, 0.2) is 30.3 Å². The highest BCUT2D eigenvalue weighted by Crippen LogP contribution is 2.35. The molecule has 3 atom stereocenters. The summed E-state index contributed by atoms with van der Waals surface area (Å²) in [5, 5.41) is 9.63. The average molecular weight is 374 g/mol. The number of piperidine rings is 1. The van der Waals surface area contributed by atoms with E-state index < -0.39 is 6.10 Å². The van der Waals surface area contributed by atoms with Crippen LogP contribution in [0.2, 0.25) is 0 Å². The van der Waals surface area contributed by atoms with Crippen molar-refractivity contribution >= 4 is 5.91 Å². The Morgan fingerprint density at radius 1 is 1.19 bits per heavy atom. The third-order valence-corrected chi connectivity index (χ3v) is 6.18. The lowest BCUT2D eigenvalue weighted by atomic mass is 9.79. The van der Waals surface area contributed by atoms with Gasteiger partial charge in [0, 0.05) is 19.2 Å². The fraction of sp³-hybridized carbons (Fsp3) is 0.682. The number of nitrogens with one attached hydrogen (secondary N) is 1. The predicted octanol–water partition coefficient (Wildman–Crippen LogP) is 3.77. The lowest BCUT2D eigenvalue weighted by molar-refractivity contribution is -0.145. The SMILES string of the molecule is CC(O)C(=O)N1CCCC([NH-])C1COCC1CCC(c2ccccc2)CC1. The fourth-order valence-electron chi connectivity index (χ4n) is 4.52. The molecule has 0 bridgehead atoms. The van der Waals surface area contributed by atoms with Crippen LogP contribution in [-0.2, 0) is 9.53 Å². The molecule has 0 spiro atoms. The van der Waals surface area contributed by atoms with E-state index in [1.807, 2.05) is 0 Å². The quantitative estimate of drug-likeness (QED) is 0.825. The van der Waals surface area contributed by atoms with E-state index >= 15 is 0 Å². The molecule has 5 heteroatoms. The maximum absolute atomic E-state index is 12.2. The van der Waals surface area contributed by atoms with Gasteiger partial charge in [-0.15, -0.1) is 6.04 Å². The van der Waals surface area contributed by atoms with Crippen LogP contribution in [0.5, 0.6) is 0 Å². The molecule has 0 radical (unpaired) electrons. The van der Waals surface area contributed by atoms with Gasteiger partial charge in [0.15, 0.2) is 0 Å². The van der Waals surface area contributed by atoms with Crippen LogP contribution in [0.3, 0.4) is 0 Å². The van der Waals surface area contributed by atoms with Crippen molar-refractivity contribution in [2.45, 2.75) is 69.6 Å². The third-order valence-electron chi connectivity index (χ3n) is 6.18. The second-order valence-corrected chi connectivity index (χ2v) is 8.19. The fourth-order valence-corrected chi connectivity index (χ4v) is 4.52. The zero-order chi connectivity index (χ0) is 19.2. The molecule has 3 rings (SSSR count). The molecule has 2 aliphatic rings. The van der Waals surface area contributed by atoms with Crippen molar-refractivity contribution in [3.8, 4) is 0 Å². The number of carbonyl (C=O) groups excluding carboxylic acids is 1. The minimum atomic E-state index is -1.01. The van der Waals surface area contributed by atoms with Gasteiger partial charge >= 0.3 is 0 Å². The standard InChI is InChI=1S/C22H33N2O3/c1-16(25)22(26)24-13-5-8-20(23)21(24)15-27-14-17-9-11-19(12-10-17)18-6-3-2-4-7-18/h2-4,6-7,16-17,19-21,23,25H,5,8-15H2,1H3/q-1. The Bertz CT molecular complexity index is 584. The monoisotopic (exact) mass is 373 g/mol. The van der Waals surface area contributed by atoms with E-state index in [2.05, 4.69) is 30.3 Å². The lowest BCUT2D eigenvalue weighted by Gasteiger charge is -2.44. The molecule has 150 valence electrons. The first-order chi connectivity index (χ1) is 13.1. The van der Waals surface area contributed by atoms with Crippen molar-refractivity contribution in [2.24, 2.45) is 5.92 Å². The van der Waals surface area contributed by atoms with E-state index in [0.29, 0.717) is 31.6 Å². The molecule has 0 aromatic heterocycles. The van der Waals surface area contributed by atoms with Crippen LogP contribution in [0.4, 0.5) is 0 Å². The summed E-state index contributed by atoms with van der Waals surface area (Å²) in [6, 6.07) is 10.2. The van der Waals surface area contributed by atoms with E-state index in [1.54, 1.807) is 4.90 Å². The van der Waals surface area contributed by atoms with Crippen molar-refractivity contribution < 1.29 is 14.6 Å². The van der Waals surface area contributed by atoms with Crippen LogP contribution >= 0.6 is 0 Å². The highest BCUT2D eigenvalue weighted by Gasteiger charge is 2.31. The van der Waals surface area contributed by atoms with Gasteiger partial charge in [0.1, 0.15) is 6.10 Å². The molecule has 1 aromatic carbocycles. The number of amides is 1. The summed E-state index contributed by atoms with van der Waals surface area (Å²) in [5.74, 6) is 0.958. The first-order valence-electron chi connectivity index (χ1n) is 10.4. The van der Waals surface area contributed by atoms with Crippen molar-refractivity contribution in [3.05, 3.63) is 41.6 Å². The largest absolute Gasteiger partial charge is 0.673 e. The van der Waals surface area contributed by atoms with E-state index in [0.717, 1.165) is 12.8 Å². The first-order valence-corrected chi connectivity index (χ1v) is 10.4. The number of carbonyl (C=O) groups is 1. The zero-order valence-corrected chi connectivity index (χ0v) is 16.3. The molecular formula is C22H33N2O3-. The molecule has 1 amide bonds. The Hall–Kier alpha value is -1.43. The maximum Gasteiger partial charge on any atom is 0.251 e. The summed E-state index contributed by atoms with van der Waals surface area (Å²) < 4.78 is 5.99. The molecular weight excluding hydrogens is 340 g/mol. The van der Waals surface area contributed by atoms with Crippen LogP contribution < -0.4 is 0 Å². The van der Waals surface area contributed by atoms with Gasteiger partial charge in [-0.05, 0) is 56.4 Å². The van der Waals surface area contributed by atoms with Gasteiger partial charge in [-0.1, -0.05) is 36.8 Å². The van der Waals surface area contributed by atoms with Crippen molar-refractivity contribution in [1.82, 2.24) is 4.90 Å². The van der Waals surface area contributed by atoms with E-state index in [9.17, 15) is 9.90 Å². The van der Waals surface area contributed by atoms with Crippen LogP contribution in [0.25, 0.3) is 5.73 Å². The van der Waals surface area contributed by atoms with Crippen molar-refractivity contribution in [2.75, 3.05) is 19.8 Å². The van der Waals surface area contributed by atoms with Gasteiger partial charge in [0.25, 0.3) is 5.91 Å². The molecule has 2 fully saturated rings. The van der Waals surface area contributed by atoms with E-state index in [-0.39, 0.29) is 18.0 Å². The van der Waals surface area contributed by atoms with E-state index in [4.69, 9.17) is 10.5 Å². The summed E-state index contributed by atoms with van der Waals surface area (Å²) in [5.41, 5.74) is 9.73. The molecule has 1 saturated carbocycles. The molecule has 1 heterocycles. The second-order valence-electron chi connectivity index (χ2n) is 8.19. The van der Waals surface area contributed by atoms with Crippen LogP contribution in [0.1, 0.15) is 56.9 Å².